The maximum atomic E-state index is 4.54. The third kappa shape index (κ3) is 3.47. The number of aromatic nitrogens is 5. The van der Waals surface area contributed by atoms with Crippen molar-refractivity contribution in [3.05, 3.63) is 54.6 Å². The first-order valence-corrected chi connectivity index (χ1v) is 7.01. The number of nitrogens with zero attached hydrogens (tertiary/aromatic N) is 5. The van der Waals surface area contributed by atoms with Crippen LogP contribution >= 0.6 is 0 Å². The molecule has 1 aromatic carbocycles. The molecule has 108 valence electrons. The van der Waals surface area contributed by atoms with Crippen LogP contribution in [0.1, 0.15) is 12.1 Å². The number of hydrogen-bond donors (Lipinski definition) is 1. The average molecular weight is 282 g/mol. The summed E-state index contributed by atoms with van der Waals surface area (Å²) in [6.07, 6.45) is 6.61. The Bertz CT molecular complexity index is 672. The SMILES string of the molecule is Cc1cn(CCCn2ccnn2)c(Nc2ccccc2)n1. The first-order chi connectivity index (χ1) is 10.3. The van der Waals surface area contributed by atoms with Crippen LogP contribution in [0, 0.1) is 6.92 Å². The molecule has 0 bridgehead atoms. The molecule has 0 unspecified atom stereocenters. The van der Waals surface area contributed by atoms with Crippen molar-refractivity contribution in [1.29, 1.82) is 0 Å². The number of rotatable bonds is 6. The molecule has 2 heterocycles. The Balaban J connectivity index is 1.65. The summed E-state index contributed by atoms with van der Waals surface area (Å²) < 4.78 is 3.98. The summed E-state index contributed by atoms with van der Waals surface area (Å²) in [5.41, 5.74) is 2.05. The molecule has 0 aliphatic carbocycles. The highest BCUT2D eigenvalue weighted by Gasteiger charge is 2.05. The number of benzene rings is 1. The van der Waals surface area contributed by atoms with Gasteiger partial charge in [-0.05, 0) is 25.5 Å². The maximum absolute atomic E-state index is 4.54. The smallest absolute Gasteiger partial charge is 0.207 e. The lowest BCUT2D eigenvalue weighted by atomic mass is 10.3. The highest BCUT2D eigenvalue weighted by atomic mass is 15.4. The first-order valence-electron chi connectivity index (χ1n) is 7.01. The highest BCUT2D eigenvalue weighted by molar-refractivity contribution is 5.53. The van der Waals surface area contributed by atoms with Crippen LogP contribution in [0.15, 0.2) is 48.9 Å². The van der Waals surface area contributed by atoms with Crippen molar-refractivity contribution in [2.75, 3.05) is 5.32 Å². The van der Waals surface area contributed by atoms with Gasteiger partial charge in [-0.15, -0.1) is 5.10 Å². The molecule has 2 aromatic heterocycles. The number of nitrogens with one attached hydrogen (secondary N) is 1. The standard InChI is InChI=1S/C15H18N6/c1-13-12-20(9-5-10-21-11-8-16-19-21)15(17-13)18-14-6-3-2-4-7-14/h2-4,6-8,11-12H,5,9-10H2,1H3,(H,17,18). The van der Waals surface area contributed by atoms with E-state index >= 15 is 0 Å². The van der Waals surface area contributed by atoms with Crippen molar-refractivity contribution in [2.24, 2.45) is 0 Å². The fourth-order valence-corrected chi connectivity index (χ4v) is 2.22. The third-order valence-electron chi connectivity index (χ3n) is 3.19. The second-order valence-electron chi connectivity index (χ2n) is 4.91. The van der Waals surface area contributed by atoms with E-state index < -0.39 is 0 Å². The molecule has 0 saturated heterocycles. The zero-order valence-electron chi connectivity index (χ0n) is 12.0. The van der Waals surface area contributed by atoms with Gasteiger partial charge in [-0.3, -0.25) is 4.68 Å². The van der Waals surface area contributed by atoms with E-state index in [2.05, 4.69) is 31.4 Å². The van der Waals surface area contributed by atoms with Gasteiger partial charge in [0.05, 0.1) is 11.9 Å². The van der Waals surface area contributed by atoms with Crippen LogP contribution in [0.25, 0.3) is 0 Å². The fourth-order valence-electron chi connectivity index (χ4n) is 2.22. The van der Waals surface area contributed by atoms with Crippen LogP contribution < -0.4 is 5.32 Å². The van der Waals surface area contributed by atoms with E-state index in [9.17, 15) is 0 Å². The monoisotopic (exact) mass is 282 g/mol. The molecule has 0 saturated carbocycles. The van der Waals surface area contributed by atoms with Crippen LogP contribution in [-0.4, -0.2) is 24.5 Å². The van der Waals surface area contributed by atoms with Gasteiger partial charge in [-0.25, -0.2) is 4.98 Å². The number of para-hydroxylation sites is 1. The van der Waals surface area contributed by atoms with E-state index in [1.54, 1.807) is 6.20 Å². The average Bonchev–Trinajstić information content (AvgIpc) is 3.11. The summed E-state index contributed by atoms with van der Waals surface area (Å²) in [6.45, 7) is 3.74. The van der Waals surface area contributed by atoms with Gasteiger partial charge in [0.1, 0.15) is 0 Å². The van der Waals surface area contributed by atoms with E-state index in [0.717, 1.165) is 36.8 Å². The molecule has 6 heteroatoms. The molecule has 0 atom stereocenters. The number of anilines is 2. The molecule has 0 radical (unpaired) electrons. The van der Waals surface area contributed by atoms with Gasteiger partial charge in [0, 0.05) is 31.2 Å². The number of aryl methyl sites for hydroxylation is 3. The van der Waals surface area contributed by atoms with Crippen LogP contribution in [0.4, 0.5) is 11.6 Å². The van der Waals surface area contributed by atoms with Gasteiger partial charge in [0.2, 0.25) is 5.95 Å². The Hall–Kier alpha value is -2.63. The van der Waals surface area contributed by atoms with Crippen molar-refractivity contribution < 1.29 is 0 Å². The third-order valence-corrected chi connectivity index (χ3v) is 3.19. The second-order valence-corrected chi connectivity index (χ2v) is 4.91. The second kappa shape index (κ2) is 6.21. The van der Waals surface area contributed by atoms with Crippen molar-refractivity contribution in [3.63, 3.8) is 0 Å². The quantitative estimate of drug-likeness (QED) is 0.755. The normalized spacial score (nSPS) is 10.7. The predicted molar refractivity (Wildman–Crippen MR) is 81.3 cm³/mol. The minimum atomic E-state index is 0.849. The van der Waals surface area contributed by atoms with Crippen molar-refractivity contribution in [3.8, 4) is 0 Å². The van der Waals surface area contributed by atoms with E-state index in [0.29, 0.717) is 0 Å². The predicted octanol–water partition coefficient (Wildman–Crippen LogP) is 2.62. The van der Waals surface area contributed by atoms with E-state index in [4.69, 9.17) is 0 Å². The molecule has 0 aliphatic heterocycles. The Morgan fingerprint density at radius 3 is 2.76 bits per heavy atom. The highest BCUT2D eigenvalue weighted by Crippen LogP contribution is 2.16. The summed E-state index contributed by atoms with van der Waals surface area (Å²) in [5.74, 6) is 0.872. The maximum Gasteiger partial charge on any atom is 0.207 e. The summed E-state index contributed by atoms with van der Waals surface area (Å²) in [6, 6.07) is 10.1. The van der Waals surface area contributed by atoms with Gasteiger partial charge in [-0.1, -0.05) is 23.4 Å². The van der Waals surface area contributed by atoms with Gasteiger partial charge in [0.25, 0.3) is 0 Å². The molecule has 3 aromatic rings. The Morgan fingerprint density at radius 1 is 1.14 bits per heavy atom. The van der Waals surface area contributed by atoms with Gasteiger partial charge >= 0.3 is 0 Å². The number of imidazole rings is 1. The summed E-state index contributed by atoms with van der Waals surface area (Å²) in [4.78, 5) is 4.54. The van der Waals surface area contributed by atoms with Crippen LogP contribution in [0.5, 0.6) is 0 Å². The Kier molecular flexibility index (Phi) is 3.95. The molecule has 1 N–H and O–H groups in total. The molecule has 3 rings (SSSR count). The molecule has 0 spiro atoms. The zero-order chi connectivity index (χ0) is 14.5. The van der Waals surface area contributed by atoms with E-state index in [1.807, 2.05) is 48.1 Å². The fraction of sp³-hybridized carbons (Fsp3) is 0.267. The first kappa shape index (κ1) is 13.4. The van der Waals surface area contributed by atoms with Gasteiger partial charge < -0.3 is 9.88 Å². The van der Waals surface area contributed by atoms with Crippen molar-refractivity contribution in [2.45, 2.75) is 26.4 Å². The van der Waals surface area contributed by atoms with Crippen molar-refractivity contribution in [1.82, 2.24) is 24.5 Å². The Morgan fingerprint density at radius 2 is 2.00 bits per heavy atom. The lowest BCUT2D eigenvalue weighted by Crippen LogP contribution is -2.07. The van der Waals surface area contributed by atoms with E-state index in [-0.39, 0.29) is 0 Å². The minimum Gasteiger partial charge on any atom is -0.326 e. The molecule has 0 amide bonds. The van der Waals surface area contributed by atoms with Crippen LogP contribution in [0.3, 0.4) is 0 Å². The number of hydrogen-bond acceptors (Lipinski definition) is 4. The van der Waals surface area contributed by atoms with Crippen molar-refractivity contribution >= 4 is 11.6 Å². The molecule has 0 fully saturated rings. The molecular formula is C15H18N6. The molecule has 6 nitrogen and oxygen atoms in total. The Labute approximate surface area is 123 Å². The zero-order valence-corrected chi connectivity index (χ0v) is 12.0. The summed E-state index contributed by atoms with van der Waals surface area (Å²) >= 11 is 0. The van der Waals surface area contributed by atoms with Crippen LogP contribution in [0.2, 0.25) is 0 Å². The molecular weight excluding hydrogens is 264 g/mol. The molecule has 21 heavy (non-hydrogen) atoms. The van der Waals surface area contributed by atoms with E-state index in [1.165, 1.54) is 0 Å². The summed E-state index contributed by atoms with van der Waals surface area (Å²) in [5, 5.41) is 11.1. The largest absolute Gasteiger partial charge is 0.326 e. The molecule has 0 aliphatic rings. The lowest BCUT2D eigenvalue weighted by Gasteiger charge is -2.09. The summed E-state index contributed by atoms with van der Waals surface area (Å²) in [7, 11) is 0. The van der Waals surface area contributed by atoms with Gasteiger partial charge in [0.15, 0.2) is 0 Å². The lowest BCUT2D eigenvalue weighted by molar-refractivity contribution is 0.517. The minimum absolute atomic E-state index is 0.849. The van der Waals surface area contributed by atoms with Crippen LogP contribution in [-0.2, 0) is 13.1 Å². The van der Waals surface area contributed by atoms with Gasteiger partial charge in [-0.2, -0.15) is 0 Å². The topological polar surface area (TPSA) is 60.6 Å².